The van der Waals surface area contributed by atoms with E-state index in [1.165, 1.54) is 5.56 Å². The number of carboxylic acids is 1. The van der Waals surface area contributed by atoms with E-state index in [1.54, 1.807) is 11.8 Å². The molecule has 1 aliphatic rings. The molecule has 1 saturated carbocycles. The molecule has 39 heavy (non-hydrogen) atoms. The van der Waals surface area contributed by atoms with Gasteiger partial charge in [-0.25, -0.2) is 0 Å². The number of aryl methyl sites for hydroxylation is 1. The third kappa shape index (κ3) is 14.7. The molecule has 1 aromatic carbocycles. The van der Waals surface area contributed by atoms with Crippen LogP contribution in [0, 0.1) is 12.8 Å². The van der Waals surface area contributed by atoms with Gasteiger partial charge in [-0.2, -0.15) is 0 Å². The van der Waals surface area contributed by atoms with Crippen molar-refractivity contribution >= 4 is 35.8 Å². The lowest BCUT2D eigenvalue weighted by Crippen LogP contribution is -2.43. The van der Waals surface area contributed by atoms with Gasteiger partial charge in [-0.05, 0) is 50.0 Å². The fourth-order valence-corrected chi connectivity index (χ4v) is 5.26. The molecule has 1 atom stereocenters. The van der Waals surface area contributed by atoms with Crippen molar-refractivity contribution in [3.05, 3.63) is 59.5 Å². The Balaban J connectivity index is 0.00000220. The highest BCUT2D eigenvalue weighted by Crippen LogP contribution is 2.41. The first-order valence-electron chi connectivity index (χ1n) is 13.9. The number of aldehydes is 1. The van der Waals surface area contributed by atoms with Crippen molar-refractivity contribution in [3.63, 3.8) is 0 Å². The van der Waals surface area contributed by atoms with Gasteiger partial charge in [-0.3, -0.25) is 14.4 Å². The monoisotopic (exact) mass is 560 g/mol. The number of aliphatic carboxylic acids is 1. The van der Waals surface area contributed by atoms with E-state index in [4.69, 9.17) is 9.90 Å². The number of hydrogen-bond donors (Lipinski definition) is 3. The molecule has 2 rings (SSSR count). The minimum atomic E-state index is -0.833. The van der Waals surface area contributed by atoms with Gasteiger partial charge in [0.15, 0.2) is 0 Å². The Bertz CT molecular complexity index is 889. The van der Waals surface area contributed by atoms with Gasteiger partial charge in [0.05, 0.1) is 12.0 Å². The molecule has 1 unspecified atom stereocenters. The number of benzene rings is 1. The highest BCUT2D eigenvalue weighted by atomic mass is 32.2. The van der Waals surface area contributed by atoms with Gasteiger partial charge in [0, 0.05) is 25.1 Å². The number of allylic oxidation sites excluding steroid dienone is 2. The molecule has 1 fully saturated rings. The molecule has 0 aromatic heterocycles. The number of carbonyl (C=O) groups is 4. The maximum absolute atomic E-state index is 13.2. The summed E-state index contributed by atoms with van der Waals surface area (Å²) in [7, 11) is 0. The minimum Gasteiger partial charge on any atom is -0.481 e. The zero-order chi connectivity index (χ0) is 29.5. The van der Waals surface area contributed by atoms with Crippen LogP contribution in [0.25, 0.3) is 0 Å². The molecule has 218 valence electrons. The smallest absolute Gasteiger partial charge is 0.300 e. The number of nitrogens with one attached hydrogen (secondary N) is 2. The maximum Gasteiger partial charge on any atom is 0.300 e. The molecule has 3 N–H and O–H groups in total. The molecule has 0 spiro atoms. The number of rotatable bonds is 15. The van der Waals surface area contributed by atoms with Gasteiger partial charge in [0.25, 0.3) is 5.97 Å². The van der Waals surface area contributed by atoms with Crippen LogP contribution in [-0.4, -0.2) is 48.0 Å². The van der Waals surface area contributed by atoms with Crippen molar-refractivity contribution in [1.29, 1.82) is 0 Å². The molecule has 0 heterocycles. The molecule has 0 bridgehead atoms. The lowest BCUT2D eigenvalue weighted by atomic mass is 9.77. The van der Waals surface area contributed by atoms with E-state index >= 15 is 0 Å². The highest BCUT2D eigenvalue weighted by Gasteiger charge is 2.42. The Hall–Kier alpha value is -2.87. The van der Waals surface area contributed by atoms with Crippen LogP contribution in [0.5, 0.6) is 0 Å². The van der Waals surface area contributed by atoms with Crippen molar-refractivity contribution in [2.75, 3.05) is 18.8 Å². The number of carbonyl (C=O) groups excluding carboxylic acids is 3. The lowest BCUT2D eigenvalue weighted by molar-refractivity contribution is -0.134. The summed E-state index contributed by atoms with van der Waals surface area (Å²) >= 11 is 1.60. The third-order valence-corrected chi connectivity index (χ3v) is 7.26. The predicted molar refractivity (Wildman–Crippen MR) is 162 cm³/mol. The van der Waals surface area contributed by atoms with Crippen LogP contribution in [-0.2, 0) is 24.6 Å². The van der Waals surface area contributed by atoms with Gasteiger partial charge < -0.3 is 20.5 Å². The fourth-order valence-electron chi connectivity index (χ4n) is 4.35. The van der Waals surface area contributed by atoms with Crippen LogP contribution in [0.4, 0.5) is 0 Å². The van der Waals surface area contributed by atoms with E-state index in [9.17, 15) is 14.4 Å². The highest BCUT2D eigenvalue weighted by molar-refractivity contribution is 8.02. The summed E-state index contributed by atoms with van der Waals surface area (Å²) in [5, 5.41) is 15.3. The van der Waals surface area contributed by atoms with E-state index in [2.05, 4.69) is 48.4 Å². The van der Waals surface area contributed by atoms with Crippen LogP contribution in [0.1, 0.15) is 83.3 Å². The van der Waals surface area contributed by atoms with Crippen molar-refractivity contribution in [2.24, 2.45) is 5.92 Å². The summed E-state index contributed by atoms with van der Waals surface area (Å²) in [5.41, 5.74) is 1.92. The van der Waals surface area contributed by atoms with Gasteiger partial charge in [-0.1, -0.05) is 75.1 Å². The second-order valence-corrected chi connectivity index (χ2v) is 10.2. The Morgan fingerprint density at radius 2 is 1.72 bits per heavy atom. The number of thioether (sulfide) groups is 1. The maximum atomic E-state index is 13.2. The Labute approximate surface area is 239 Å². The molecule has 8 heteroatoms. The van der Waals surface area contributed by atoms with Crippen LogP contribution < -0.4 is 10.6 Å². The summed E-state index contributed by atoms with van der Waals surface area (Å²) in [6.07, 6.45) is 11.7. The van der Waals surface area contributed by atoms with Gasteiger partial charge in [-0.15, -0.1) is 18.3 Å². The van der Waals surface area contributed by atoms with Gasteiger partial charge >= 0.3 is 0 Å². The van der Waals surface area contributed by atoms with Crippen LogP contribution in [0.15, 0.2) is 48.4 Å². The molecule has 2 amide bonds. The van der Waals surface area contributed by atoms with E-state index in [0.717, 1.165) is 63.9 Å². The van der Waals surface area contributed by atoms with Crippen molar-refractivity contribution in [3.8, 4) is 0 Å². The van der Waals surface area contributed by atoms with E-state index in [1.807, 2.05) is 31.4 Å². The zero-order valence-corrected chi connectivity index (χ0v) is 25.0. The first kappa shape index (κ1) is 36.1. The predicted octanol–water partition coefficient (Wildman–Crippen LogP) is 5.96. The summed E-state index contributed by atoms with van der Waals surface area (Å²) in [4.78, 5) is 45.2. The van der Waals surface area contributed by atoms with E-state index < -0.39 is 11.4 Å². The molecule has 0 saturated heterocycles. The molecule has 0 radical (unpaired) electrons. The first-order chi connectivity index (χ1) is 18.8. The molecule has 0 aliphatic heterocycles. The molecular weight excluding hydrogens is 512 g/mol. The average Bonchev–Trinajstić information content (AvgIpc) is 3.42. The Morgan fingerprint density at radius 1 is 1.10 bits per heavy atom. The number of carboxylic acid groups (broad SMARTS) is 1. The normalized spacial score (nSPS) is 14.2. The van der Waals surface area contributed by atoms with Gasteiger partial charge in [0.1, 0.15) is 6.29 Å². The summed E-state index contributed by atoms with van der Waals surface area (Å²) < 4.78 is 0. The average molecular weight is 561 g/mol. The third-order valence-electron chi connectivity index (χ3n) is 6.28. The van der Waals surface area contributed by atoms with Crippen LogP contribution in [0.3, 0.4) is 0 Å². The van der Waals surface area contributed by atoms with Crippen LogP contribution >= 0.6 is 11.8 Å². The van der Waals surface area contributed by atoms with Crippen molar-refractivity contribution in [1.82, 2.24) is 10.6 Å². The standard InChI is InChI=1S/C27H38N2O3S.C2H4O2.C2H6/c1-3-4-9-20-33-21-23(25(31)28-18-19-30)10-5-8-17-29-26(32)27(15-6-7-16-27)24-13-11-22(2)12-14-24;1-2(3)4;1-2/h3,9,11-14,19-20,23H,1,4-8,10,15-18,21H2,2H3,(H,28,31)(H,29,32);1H3,(H,3,4);1-2H3/b20-9-;;. The molecule has 1 aromatic rings. The Kier molecular flexibility index (Phi) is 20.4. The number of unbranched alkanes of at least 4 members (excludes halogenated alkanes) is 1. The number of amides is 2. The quantitative estimate of drug-likeness (QED) is 0.139. The summed E-state index contributed by atoms with van der Waals surface area (Å²) in [6, 6.07) is 8.38. The van der Waals surface area contributed by atoms with E-state index in [0.29, 0.717) is 18.6 Å². The van der Waals surface area contributed by atoms with Gasteiger partial charge in [0.2, 0.25) is 11.8 Å². The largest absolute Gasteiger partial charge is 0.481 e. The fraction of sp³-hybridized carbons (Fsp3) is 0.548. The second kappa shape index (κ2) is 22.0. The molecular formula is C31H48N2O5S. The second-order valence-electron chi connectivity index (χ2n) is 9.26. The SMILES string of the molecule is C=CC/C=C\SCC(CCCCNC(=O)C1(c2ccc(C)cc2)CCCC1)C(=O)NCC=O.CC.CC(=O)O. The zero-order valence-electron chi connectivity index (χ0n) is 24.2. The van der Waals surface area contributed by atoms with Crippen molar-refractivity contribution in [2.45, 2.75) is 84.5 Å². The number of hydrogen-bond acceptors (Lipinski definition) is 5. The van der Waals surface area contributed by atoms with Crippen molar-refractivity contribution < 1.29 is 24.3 Å². The molecule has 7 nitrogen and oxygen atoms in total. The van der Waals surface area contributed by atoms with Crippen LogP contribution in [0.2, 0.25) is 0 Å². The summed E-state index contributed by atoms with van der Waals surface area (Å²) in [6.45, 7) is 11.5. The topological polar surface area (TPSA) is 113 Å². The molecule has 1 aliphatic carbocycles. The summed E-state index contributed by atoms with van der Waals surface area (Å²) in [5.74, 6) is -0.277. The minimum absolute atomic E-state index is 0.0451. The van der Waals surface area contributed by atoms with E-state index in [-0.39, 0.29) is 24.3 Å². The Morgan fingerprint density at radius 3 is 2.28 bits per heavy atom. The first-order valence-corrected chi connectivity index (χ1v) is 15.0. The lowest BCUT2D eigenvalue weighted by Gasteiger charge is -2.28.